The summed E-state index contributed by atoms with van der Waals surface area (Å²) in [6.45, 7) is 1.23. The molecule has 0 aromatic heterocycles. The van der Waals surface area contributed by atoms with Crippen LogP contribution >= 0.6 is 0 Å². The lowest BCUT2D eigenvalue weighted by Crippen LogP contribution is -2.36. The summed E-state index contributed by atoms with van der Waals surface area (Å²) < 4.78 is 5.27. The van der Waals surface area contributed by atoms with E-state index in [1.807, 2.05) is 0 Å². The second-order valence-corrected chi connectivity index (χ2v) is 2.71. The highest BCUT2D eigenvalue weighted by molar-refractivity contribution is 4.95. The second-order valence-electron chi connectivity index (χ2n) is 2.71. The van der Waals surface area contributed by atoms with Crippen molar-refractivity contribution in [1.29, 1.82) is 0 Å². The highest BCUT2D eigenvalue weighted by Gasteiger charge is 2.47. The number of aliphatic hydroxyl groups is 1. The number of rotatable bonds is 1. The van der Waals surface area contributed by atoms with E-state index in [1.54, 1.807) is 0 Å². The van der Waals surface area contributed by atoms with Gasteiger partial charge in [-0.05, 0) is 12.3 Å². The fourth-order valence-electron chi connectivity index (χ4n) is 1.65. The lowest BCUT2D eigenvalue weighted by atomic mass is 9.75. The minimum atomic E-state index is 0.329. The van der Waals surface area contributed by atoms with Gasteiger partial charge in [0, 0.05) is 12.5 Å². The quantitative estimate of drug-likeness (QED) is 0.520. The third-order valence-electron chi connectivity index (χ3n) is 2.35. The number of ether oxygens (including phenoxy) is 1. The molecule has 2 heteroatoms. The Bertz CT molecular complexity index is 88.7. The van der Waals surface area contributed by atoms with Gasteiger partial charge >= 0.3 is 0 Å². The monoisotopic (exact) mass is 114 g/mol. The normalized spacial score (nSPS) is 51.4. The summed E-state index contributed by atoms with van der Waals surface area (Å²) in [5.74, 6) is 1.19. The van der Waals surface area contributed by atoms with Crippen molar-refractivity contribution in [3.8, 4) is 0 Å². The van der Waals surface area contributed by atoms with Crippen LogP contribution in [-0.4, -0.2) is 24.4 Å². The first-order chi connectivity index (χ1) is 3.92. The molecule has 1 N–H and O–H groups in total. The zero-order valence-electron chi connectivity index (χ0n) is 4.71. The fraction of sp³-hybridized carbons (Fsp3) is 1.00. The topological polar surface area (TPSA) is 29.5 Å². The Balaban J connectivity index is 2.02. The van der Waals surface area contributed by atoms with Crippen LogP contribution in [0.3, 0.4) is 0 Å². The molecule has 3 unspecified atom stereocenters. The van der Waals surface area contributed by atoms with Crippen LogP contribution in [0, 0.1) is 11.8 Å². The molecule has 0 aromatic carbocycles. The maximum Gasteiger partial charge on any atom is 0.0632 e. The van der Waals surface area contributed by atoms with Crippen LogP contribution in [0.4, 0.5) is 0 Å². The predicted octanol–water partition coefficient (Wildman–Crippen LogP) is 0.0136. The predicted molar refractivity (Wildman–Crippen MR) is 28.4 cm³/mol. The summed E-state index contributed by atoms with van der Waals surface area (Å²) in [6.07, 6.45) is 1.62. The van der Waals surface area contributed by atoms with Gasteiger partial charge in [0.25, 0.3) is 0 Å². The molecule has 3 aliphatic rings. The van der Waals surface area contributed by atoms with Crippen LogP contribution < -0.4 is 0 Å². The van der Waals surface area contributed by atoms with E-state index in [0.29, 0.717) is 24.5 Å². The third kappa shape index (κ3) is 0.400. The Hall–Kier alpha value is -0.0800. The van der Waals surface area contributed by atoms with E-state index in [2.05, 4.69) is 0 Å². The van der Waals surface area contributed by atoms with E-state index in [4.69, 9.17) is 9.84 Å². The molecule has 2 heterocycles. The number of hydrogen-bond donors (Lipinski definition) is 1. The average molecular weight is 114 g/mol. The van der Waals surface area contributed by atoms with Crippen LogP contribution in [-0.2, 0) is 4.74 Å². The molecule has 2 nitrogen and oxygen atoms in total. The lowest BCUT2D eigenvalue weighted by molar-refractivity contribution is 0.0356. The molecular formula is C6H10O2. The first-order valence-electron chi connectivity index (χ1n) is 3.14. The van der Waals surface area contributed by atoms with Gasteiger partial charge in [-0.15, -0.1) is 0 Å². The van der Waals surface area contributed by atoms with Crippen molar-refractivity contribution in [2.75, 3.05) is 13.2 Å². The summed E-state index contributed by atoms with van der Waals surface area (Å²) in [6, 6.07) is 0. The first-order valence-corrected chi connectivity index (χ1v) is 3.14. The van der Waals surface area contributed by atoms with Gasteiger partial charge < -0.3 is 9.84 Å². The smallest absolute Gasteiger partial charge is 0.0632 e. The molecule has 1 aliphatic carbocycles. The Morgan fingerprint density at radius 2 is 2.50 bits per heavy atom. The van der Waals surface area contributed by atoms with Crippen LogP contribution in [0.15, 0.2) is 0 Å². The van der Waals surface area contributed by atoms with E-state index >= 15 is 0 Å². The molecule has 46 valence electrons. The maximum absolute atomic E-state index is 8.69. The molecule has 8 heavy (non-hydrogen) atoms. The number of aliphatic hydroxyl groups excluding tert-OH is 1. The summed E-state index contributed by atoms with van der Waals surface area (Å²) in [5, 5.41) is 8.69. The zero-order chi connectivity index (χ0) is 5.56. The van der Waals surface area contributed by atoms with Crippen molar-refractivity contribution in [2.45, 2.75) is 12.5 Å². The van der Waals surface area contributed by atoms with E-state index < -0.39 is 0 Å². The van der Waals surface area contributed by atoms with Gasteiger partial charge in [0.1, 0.15) is 0 Å². The van der Waals surface area contributed by atoms with Gasteiger partial charge in [0.2, 0.25) is 0 Å². The zero-order valence-corrected chi connectivity index (χ0v) is 4.71. The third-order valence-corrected chi connectivity index (χ3v) is 2.35. The SMILES string of the molecule is OCC1C2COC1C2. The highest BCUT2D eigenvalue weighted by Crippen LogP contribution is 2.43. The van der Waals surface area contributed by atoms with E-state index in [0.717, 1.165) is 6.61 Å². The van der Waals surface area contributed by atoms with Crippen molar-refractivity contribution < 1.29 is 9.84 Å². The van der Waals surface area contributed by atoms with E-state index in [9.17, 15) is 0 Å². The van der Waals surface area contributed by atoms with Crippen molar-refractivity contribution in [1.82, 2.24) is 0 Å². The molecular weight excluding hydrogens is 104 g/mol. The van der Waals surface area contributed by atoms with Crippen LogP contribution in [0.2, 0.25) is 0 Å². The number of fused-ring (bicyclic) bond motifs is 1. The first kappa shape index (κ1) is 4.77. The van der Waals surface area contributed by atoms with E-state index in [1.165, 1.54) is 6.42 Å². The van der Waals surface area contributed by atoms with Crippen molar-refractivity contribution in [3.05, 3.63) is 0 Å². The highest BCUT2D eigenvalue weighted by atomic mass is 16.5. The van der Waals surface area contributed by atoms with Crippen molar-refractivity contribution >= 4 is 0 Å². The largest absolute Gasteiger partial charge is 0.396 e. The van der Waals surface area contributed by atoms with Crippen LogP contribution in [0.1, 0.15) is 6.42 Å². The van der Waals surface area contributed by atoms with Gasteiger partial charge in [-0.3, -0.25) is 0 Å². The van der Waals surface area contributed by atoms with Gasteiger partial charge in [0.15, 0.2) is 0 Å². The Morgan fingerprint density at radius 3 is 2.75 bits per heavy atom. The van der Waals surface area contributed by atoms with Crippen LogP contribution in [0.25, 0.3) is 0 Å². The minimum absolute atomic E-state index is 0.329. The maximum atomic E-state index is 8.69. The molecule has 3 rings (SSSR count). The molecule has 0 aromatic rings. The van der Waals surface area contributed by atoms with Crippen molar-refractivity contribution in [3.63, 3.8) is 0 Å². The lowest BCUT2D eigenvalue weighted by Gasteiger charge is -2.30. The molecule has 0 amide bonds. The van der Waals surface area contributed by atoms with Crippen molar-refractivity contribution in [2.24, 2.45) is 11.8 Å². The standard InChI is InChI=1S/C6H10O2/c7-2-5-4-1-6(5)8-3-4/h4-7H,1-3H2. The molecule has 2 saturated heterocycles. The summed E-state index contributed by atoms with van der Waals surface area (Å²) in [7, 11) is 0. The van der Waals surface area contributed by atoms with Gasteiger partial charge in [-0.2, -0.15) is 0 Å². The minimum Gasteiger partial charge on any atom is -0.396 e. The summed E-state index contributed by atoms with van der Waals surface area (Å²) >= 11 is 0. The Kier molecular flexibility index (Phi) is 0.866. The summed E-state index contributed by atoms with van der Waals surface area (Å²) in [5.41, 5.74) is 0. The van der Waals surface area contributed by atoms with Gasteiger partial charge in [-0.25, -0.2) is 0 Å². The fourth-order valence-corrected chi connectivity index (χ4v) is 1.65. The molecule has 2 bridgehead atoms. The Labute approximate surface area is 48.5 Å². The molecule has 3 fully saturated rings. The molecule has 2 aliphatic heterocycles. The van der Waals surface area contributed by atoms with Gasteiger partial charge in [0.05, 0.1) is 12.7 Å². The second kappa shape index (κ2) is 1.45. The molecule has 0 radical (unpaired) electrons. The summed E-state index contributed by atoms with van der Waals surface area (Å²) in [4.78, 5) is 0. The van der Waals surface area contributed by atoms with Crippen LogP contribution in [0.5, 0.6) is 0 Å². The average Bonchev–Trinajstić information content (AvgIpc) is 2.19. The van der Waals surface area contributed by atoms with E-state index in [-0.39, 0.29) is 0 Å². The molecule has 1 saturated carbocycles. The van der Waals surface area contributed by atoms with Gasteiger partial charge in [-0.1, -0.05) is 0 Å². The Morgan fingerprint density at radius 1 is 1.62 bits per heavy atom. The molecule has 3 atom stereocenters. The molecule has 0 spiro atoms. The number of hydrogen-bond acceptors (Lipinski definition) is 2.